The molecule has 3 aromatic rings. The standard InChI is InChI=1S/C18H26N16/c1-8-9(23-16(8,2)3)10-20-11(19)33(30-10)15-28-25-13(26-29-15)21-12-22-14(27-24-12)34-18(6,7)17(4,5)31-32-34/h8H,1-7H3,(H2,19,20,30)(H2,21,22,24,25,26,27). The molecule has 1 unspecified atom stereocenters. The number of nitrogens with two attached hydrogens (primary N) is 1. The Hall–Kier alpha value is -4.11. The quantitative estimate of drug-likeness (QED) is 0.488. The predicted molar refractivity (Wildman–Crippen MR) is 122 cm³/mol. The molecule has 1 atom stereocenters. The van der Waals surface area contributed by atoms with Crippen molar-refractivity contribution in [1.29, 1.82) is 0 Å². The van der Waals surface area contributed by atoms with Crippen molar-refractivity contribution in [2.75, 3.05) is 16.1 Å². The third-order valence-corrected chi connectivity index (χ3v) is 6.70. The third-order valence-electron chi connectivity index (χ3n) is 6.70. The van der Waals surface area contributed by atoms with Gasteiger partial charge < -0.3 is 5.73 Å². The van der Waals surface area contributed by atoms with E-state index in [1.807, 2.05) is 27.7 Å². The SMILES string of the molecule is CC1C(c2nc(N)n(-c3nnc(Nc4nc(N5N=NC(C)(C)C5(C)C)n[nH]4)nn3)n2)=NC1(C)C. The summed E-state index contributed by atoms with van der Waals surface area (Å²) in [6, 6.07) is 0. The van der Waals surface area contributed by atoms with Crippen molar-refractivity contribution in [3.63, 3.8) is 0 Å². The summed E-state index contributed by atoms with van der Waals surface area (Å²) in [5, 5.41) is 40.6. The summed E-state index contributed by atoms with van der Waals surface area (Å²) in [5.74, 6) is 1.60. The number of aromatic amines is 1. The number of rotatable bonds is 5. The minimum Gasteiger partial charge on any atom is -0.368 e. The fourth-order valence-electron chi connectivity index (χ4n) is 3.40. The van der Waals surface area contributed by atoms with Crippen LogP contribution >= 0.6 is 0 Å². The summed E-state index contributed by atoms with van der Waals surface area (Å²) in [6.07, 6.45) is 0. The van der Waals surface area contributed by atoms with Gasteiger partial charge in [-0.3, -0.25) is 10.3 Å². The van der Waals surface area contributed by atoms with E-state index in [1.54, 1.807) is 5.01 Å². The van der Waals surface area contributed by atoms with Crippen LogP contribution in [0.15, 0.2) is 15.3 Å². The third kappa shape index (κ3) is 3.24. The molecule has 5 heterocycles. The molecule has 0 aromatic carbocycles. The number of anilines is 4. The van der Waals surface area contributed by atoms with Crippen LogP contribution in [-0.4, -0.2) is 72.7 Å². The molecule has 16 nitrogen and oxygen atoms in total. The van der Waals surface area contributed by atoms with Crippen molar-refractivity contribution in [2.45, 2.75) is 65.1 Å². The van der Waals surface area contributed by atoms with E-state index in [1.165, 1.54) is 4.68 Å². The molecule has 0 radical (unpaired) electrons. The fraction of sp³-hybridized carbons (Fsp3) is 0.611. The lowest BCUT2D eigenvalue weighted by atomic mass is 9.79. The Labute approximate surface area is 194 Å². The van der Waals surface area contributed by atoms with Gasteiger partial charge in [-0.15, -0.1) is 30.6 Å². The van der Waals surface area contributed by atoms with Gasteiger partial charge in [0.2, 0.25) is 11.9 Å². The van der Waals surface area contributed by atoms with Crippen LogP contribution in [0.25, 0.3) is 5.95 Å². The van der Waals surface area contributed by atoms with E-state index in [9.17, 15) is 0 Å². The van der Waals surface area contributed by atoms with E-state index in [-0.39, 0.29) is 29.3 Å². The molecule has 0 aliphatic carbocycles. The number of aromatic nitrogens is 10. The molecule has 0 bridgehead atoms. The molecule has 0 saturated carbocycles. The Kier molecular flexibility index (Phi) is 4.44. The lowest BCUT2D eigenvalue weighted by molar-refractivity contribution is 0.333. The van der Waals surface area contributed by atoms with Gasteiger partial charge in [0.25, 0.3) is 17.8 Å². The van der Waals surface area contributed by atoms with Crippen molar-refractivity contribution in [1.82, 2.24) is 50.3 Å². The van der Waals surface area contributed by atoms with Crippen LogP contribution < -0.4 is 16.1 Å². The molecular formula is C18H26N16. The van der Waals surface area contributed by atoms with Gasteiger partial charge in [0.05, 0.1) is 16.8 Å². The maximum atomic E-state index is 6.01. The largest absolute Gasteiger partial charge is 0.368 e. The van der Waals surface area contributed by atoms with Crippen LogP contribution in [0.2, 0.25) is 0 Å². The zero-order chi connectivity index (χ0) is 24.5. The van der Waals surface area contributed by atoms with E-state index >= 15 is 0 Å². The highest BCUT2D eigenvalue weighted by molar-refractivity contribution is 6.04. The molecule has 0 amide bonds. The van der Waals surface area contributed by atoms with Crippen LogP contribution in [0.4, 0.5) is 23.8 Å². The van der Waals surface area contributed by atoms with Crippen molar-refractivity contribution in [3.05, 3.63) is 5.82 Å². The van der Waals surface area contributed by atoms with Gasteiger partial charge in [-0.05, 0) is 41.5 Å². The number of aliphatic imine (C=N–C) groups is 1. The Bertz CT molecular complexity index is 1290. The van der Waals surface area contributed by atoms with E-state index in [0.29, 0.717) is 17.7 Å². The fourth-order valence-corrected chi connectivity index (χ4v) is 3.40. The molecule has 2 aliphatic rings. The molecule has 34 heavy (non-hydrogen) atoms. The summed E-state index contributed by atoms with van der Waals surface area (Å²) in [6.45, 7) is 14.2. The van der Waals surface area contributed by atoms with Gasteiger partial charge in [0.15, 0.2) is 5.82 Å². The van der Waals surface area contributed by atoms with E-state index in [2.05, 4.69) is 87.1 Å². The minimum absolute atomic E-state index is 0.0772. The van der Waals surface area contributed by atoms with Crippen LogP contribution in [0, 0.1) is 5.92 Å². The van der Waals surface area contributed by atoms with Crippen molar-refractivity contribution >= 4 is 29.5 Å². The number of hydrogen-bond acceptors (Lipinski definition) is 14. The van der Waals surface area contributed by atoms with Gasteiger partial charge in [0.1, 0.15) is 5.54 Å². The van der Waals surface area contributed by atoms with Gasteiger partial charge in [-0.2, -0.15) is 19.8 Å². The monoisotopic (exact) mass is 466 g/mol. The molecule has 5 rings (SSSR count). The highest BCUT2D eigenvalue weighted by Gasteiger charge is 2.49. The highest BCUT2D eigenvalue weighted by atomic mass is 15.7. The molecule has 3 aromatic heterocycles. The maximum Gasteiger partial charge on any atom is 0.292 e. The molecule has 4 N–H and O–H groups in total. The predicted octanol–water partition coefficient (Wildman–Crippen LogP) is 1.25. The first-order chi connectivity index (χ1) is 15.9. The van der Waals surface area contributed by atoms with Gasteiger partial charge >= 0.3 is 0 Å². The molecule has 178 valence electrons. The molecule has 0 spiro atoms. The summed E-state index contributed by atoms with van der Waals surface area (Å²) in [5.41, 5.74) is 5.85. The number of nitrogen functional groups attached to an aromatic ring is 1. The van der Waals surface area contributed by atoms with Gasteiger partial charge in [0, 0.05) is 5.92 Å². The second-order valence-corrected chi connectivity index (χ2v) is 9.83. The lowest BCUT2D eigenvalue weighted by Gasteiger charge is -2.37. The average Bonchev–Trinajstić information content (AvgIpc) is 3.43. The maximum absolute atomic E-state index is 6.01. The average molecular weight is 467 g/mol. The molecule has 16 heteroatoms. The zero-order valence-corrected chi connectivity index (χ0v) is 20.0. The highest BCUT2D eigenvalue weighted by Crippen LogP contribution is 2.39. The second kappa shape index (κ2) is 6.94. The molecule has 0 saturated heterocycles. The Balaban J connectivity index is 1.31. The summed E-state index contributed by atoms with van der Waals surface area (Å²) in [4.78, 5) is 13.2. The van der Waals surface area contributed by atoms with Gasteiger partial charge in [-0.25, -0.2) is 10.1 Å². The Morgan fingerprint density at radius 3 is 2.26 bits per heavy atom. The zero-order valence-electron chi connectivity index (χ0n) is 20.0. The van der Waals surface area contributed by atoms with E-state index in [0.717, 1.165) is 5.71 Å². The number of hydrogen-bond donors (Lipinski definition) is 3. The number of nitrogens with one attached hydrogen (secondary N) is 2. The summed E-state index contributed by atoms with van der Waals surface area (Å²) >= 11 is 0. The first-order valence-corrected chi connectivity index (χ1v) is 10.7. The van der Waals surface area contributed by atoms with Crippen LogP contribution in [-0.2, 0) is 0 Å². The van der Waals surface area contributed by atoms with Crippen LogP contribution in [0.5, 0.6) is 0 Å². The molecular weight excluding hydrogens is 440 g/mol. The summed E-state index contributed by atoms with van der Waals surface area (Å²) in [7, 11) is 0. The Morgan fingerprint density at radius 2 is 1.68 bits per heavy atom. The number of nitrogens with zero attached hydrogens (tertiary/aromatic N) is 13. The molecule has 0 fully saturated rings. The van der Waals surface area contributed by atoms with Crippen molar-refractivity contribution in [2.24, 2.45) is 21.2 Å². The Morgan fingerprint density at radius 1 is 0.971 bits per heavy atom. The van der Waals surface area contributed by atoms with Gasteiger partial charge in [-0.1, -0.05) is 12.1 Å². The topological polar surface area (TPSA) is 202 Å². The normalized spacial score (nSPS) is 21.9. The lowest BCUT2D eigenvalue weighted by Crippen LogP contribution is -2.51. The van der Waals surface area contributed by atoms with Crippen molar-refractivity contribution in [3.8, 4) is 5.95 Å². The summed E-state index contributed by atoms with van der Waals surface area (Å²) < 4.78 is 1.27. The smallest absolute Gasteiger partial charge is 0.292 e. The van der Waals surface area contributed by atoms with E-state index in [4.69, 9.17) is 5.73 Å². The van der Waals surface area contributed by atoms with Crippen LogP contribution in [0.1, 0.15) is 54.3 Å². The first-order valence-electron chi connectivity index (χ1n) is 10.7. The van der Waals surface area contributed by atoms with Crippen molar-refractivity contribution < 1.29 is 0 Å². The van der Waals surface area contributed by atoms with E-state index < -0.39 is 11.1 Å². The van der Waals surface area contributed by atoms with Crippen LogP contribution in [0.3, 0.4) is 0 Å². The minimum atomic E-state index is -0.414. The second-order valence-electron chi connectivity index (χ2n) is 9.83. The molecule has 2 aliphatic heterocycles. The first kappa shape index (κ1) is 21.7. The number of H-pyrrole nitrogens is 1.